The van der Waals surface area contributed by atoms with Crippen molar-refractivity contribution >= 4 is 33.3 Å². The molecule has 4 aromatic rings. The van der Waals surface area contributed by atoms with Gasteiger partial charge in [-0.1, -0.05) is 19.1 Å². The number of ether oxygens (including phenoxy) is 1. The fourth-order valence-corrected chi connectivity index (χ4v) is 4.23. The van der Waals surface area contributed by atoms with Gasteiger partial charge in [-0.15, -0.1) is 0 Å². The summed E-state index contributed by atoms with van der Waals surface area (Å²) >= 11 is 0. The first-order valence-electron chi connectivity index (χ1n) is 10.3. The predicted octanol–water partition coefficient (Wildman–Crippen LogP) is 5.09. The van der Waals surface area contributed by atoms with Crippen molar-refractivity contribution in [3.63, 3.8) is 0 Å². The molecule has 0 atom stereocenters. The van der Waals surface area contributed by atoms with Gasteiger partial charge in [-0.25, -0.2) is 13.8 Å². The topological polar surface area (TPSA) is 58.2 Å². The minimum Gasteiger partial charge on any atom is -0.378 e. The van der Waals surface area contributed by atoms with E-state index in [4.69, 9.17) is 9.72 Å². The number of carbonyl (C=O) groups is 1. The lowest BCUT2D eigenvalue weighted by Gasteiger charge is -2.29. The first-order chi connectivity index (χ1) is 15.1. The molecule has 1 fully saturated rings. The van der Waals surface area contributed by atoms with Gasteiger partial charge in [0.05, 0.1) is 29.9 Å². The van der Waals surface area contributed by atoms with E-state index in [0.717, 1.165) is 5.39 Å². The number of pyridine rings is 1. The van der Waals surface area contributed by atoms with Crippen molar-refractivity contribution in [3.05, 3.63) is 59.8 Å². The highest BCUT2D eigenvalue weighted by atomic mass is 19.2. The second-order valence-corrected chi connectivity index (χ2v) is 7.59. The Morgan fingerprint density at radius 2 is 1.97 bits per heavy atom. The van der Waals surface area contributed by atoms with Crippen LogP contribution in [-0.4, -0.2) is 42.1 Å². The molecule has 1 N–H and O–H groups in total. The number of halogens is 2. The van der Waals surface area contributed by atoms with Crippen LogP contribution in [0, 0.1) is 11.6 Å². The minimum absolute atomic E-state index is 0.0555. The van der Waals surface area contributed by atoms with Crippen molar-refractivity contribution in [1.29, 1.82) is 0 Å². The summed E-state index contributed by atoms with van der Waals surface area (Å²) in [5.41, 5.74) is 3.38. The first kappa shape index (κ1) is 19.6. The molecule has 31 heavy (non-hydrogen) atoms. The molecule has 2 aromatic heterocycles. The van der Waals surface area contributed by atoms with Crippen LogP contribution >= 0.6 is 0 Å². The lowest BCUT2D eigenvalue weighted by Crippen LogP contribution is -2.37. The molecule has 5 nitrogen and oxygen atoms in total. The van der Waals surface area contributed by atoms with E-state index in [2.05, 4.69) is 4.98 Å². The Hall–Kier alpha value is -3.32. The Morgan fingerprint density at radius 1 is 1.16 bits per heavy atom. The molecule has 3 heterocycles. The zero-order chi connectivity index (χ0) is 21.5. The Labute approximate surface area is 177 Å². The smallest absolute Gasteiger partial charge is 0.184 e. The largest absolute Gasteiger partial charge is 0.378 e. The van der Waals surface area contributed by atoms with Crippen molar-refractivity contribution < 1.29 is 18.3 Å². The molecule has 0 bridgehead atoms. The number of fused-ring (bicyclic) bond motifs is 2. The van der Waals surface area contributed by atoms with Crippen LogP contribution in [0.2, 0.25) is 0 Å². The number of benzene rings is 2. The number of aromatic nitrogens is 2. The summed E-state index contributed by atoms with van der Waals surface area (Å²) in [5.74, 6) is -1.71. The maximum Gasteiger partial charge on any atom is 0.184 e. The van der Waals surface area contributed by atoms with Gasteiger partial charge in [-0.2, -0.15) is 0 Å². The van der Waals surface area contributed by atoms with Crippen LogP contribution < -0.4 is 4.90 Å². The standard InChI is InChI=1S/C24H21F2N3O2/c1-2-21(30)15-4-3-5-19-14(15)6-7-20(28-19)17-13-27-23-16(17)12-18(25)22(26)24(23)29-8-10-31-11-9-29/h3-7,12-13,27H,2,8-11H2,1H3. The van der Waals surface area contributed by atoms with E-state index in [1.54, 1.807) is 17.2 Å². The van der Waals surface area contributed by atoms with Crippen molar-refractivity contribution in [2.75, 3.05) is 31.2 Å². The van der Waals surface area contributed by atoms with Gasteiger partial charge < -0.3 is 14.6 Å². The zero-order valence-corrected chi connectivity index (χ0v) is 17.0. The number of morpholine rings is 1. The number of anilines is 1. The summed E-state index contributed by atoms with van der Waals surface area (Å²) in [7, 11) is 0. The average Bonchev–Trinajstić information content (AvgIpc) is 3.22. The van der Waals surface area contributed by atoms with Gasteiger partial charge in [-0.3, -0.25) is 4.79 Å². The number of carbonyl (C=O) groups excluding carboxylic acids is 1. The predicted molar refractivity (Wildman–Crippen MR) is 117 cm³/mol. The molecule has 0 radical (unpaired) electrons. The molecule has 7 heteroatoms. The van der Waals surface area contributed by atoms with E-state index in [-0.39, 0.29) is 11.5 Å². The number of ketones is 1. The van der Waals surface area contributed by atoms with E-state index in [1.807, 2.05) is 31.2 Å². The monoisotopic (exact) mass is 421 g/mol. The fourth-order valence-electron chi connectivity index (χ4n) is 4.23. The summed E-state index contributed by atoms with van der Waals surface area (Å²) in [4.78, 5) is 21.9. The van der Waals surface area contributed by atoms with E-state index in [1.165, 1.54) is 6.07 Å². The summed E-state index contributed by atoms with van der Waals surface area (Å²) < 4.78 is 34.7. The van der Waals surface area contributed by atoms with E-state index >= 15 is 0 Å². The van der Waals surface area contributed by atoms with Gasteiger partial charge in [0, 0.05) is 47.6 Å². The molecular weight excluding hydrogens is 400 g/mol. The van der Waals surface area contributed by atoms with Gasteiger partial charge in [-0.05, 0) is 24.3 Å². The van der Waals surface area contributed by atoms with Crippen LogP contribution in [0.1, 0.15) is 23.7 Å². The van der Waals surface area contributed by atoms with Crippen LogP contribution in [0.3, 0.4) is 0 Å². The molecular formula is C24H21F2N3O2. The third-order valence-electron chi connectivity index (χ3n) is 5.80. The Morgan fingerprint density at radius 3 is 2.74 bits per heavy atom. The quantitative estimate of drug-likeness (QED) is 0.467. The van der Waals surface area contributed by atoms with Crippen LogP contribution in [0.15, 0.2) is 42.6 Å². The number of hydrogen-bond donors (Lipinski definition) is 1. The number of nitrogens with zero attached hydrogens (tertiary/aromatic N) is 2. The van der Waals surface area contributed by atoms with Gasteiger partial charge >= 0.3 is 0 Å². The Balaban J connectivity index is 1.66. The SMILES string of the molecule is CCC(=O)c1cccc2nc(-c3c[nH]c4c(N5CCOCC5)c(F)c(F)cc34)ccc12. The highest BCUT2D eigenvalue weighted by Gasteiger charge is 2.24. The third kappa shape index (κ3) is 3.25. The summed E-state index contributed by atoms with van der Waals surface area (Å²) in [6.07, 6.45) is 2.14. The number of rotatable bonds is 4. The Bertz CT molecular complexity index is 1310. The maximum absolute atomic E-state index is 14.8. The third-order valence-corrected chi connectivity index (χ3v) is 5.80. The summed E-state index contributed by atoms with van der Waals surface area (Å²) in [5, 5.41) is 1.34. The molecule has 2 aromatic carbocycles. The van der Waals surface area contributed by atoms with E-state index in [0.29, 0.717) is 66.0 Å². The van der Waals surface area contributed by atoms with Gasteiger partial charge in [0.15, 0.2) is 17.4 Å². The van der Waals surface area contributed by atoms with Crippen molar-refractivity contribution in [2.45, 2.75) is 13.3 Å². The summed E-state index contributed by atoms with van der Waals surface area (Å²) in [6, 6.07) is 10.3. The molecule has 1 aliphatic rings. The average molecular weight is 421 g/mol. The first-order valence-corrected chi connectivity index (χ1v) is 10.3. The number of Topliss-reactive ketones (excluding diaryl/α,β-unsaturated/α-hetero) is 1. The molecule has 158 valence electrons. The fraction of sp³-hybridized carbons (Fsp3) is 0.250. The Kier molecular flexibility index (Phi) is 4.90. The van der Waals surface area contributed by atoms with Crippen LogP contribution in [-0.2, 0) is 4.74 Å². The number of aromatic amines is 1. The van der Waals surface area contributed by atoms with Gasteiger partial charge in [0.25, 0.3) is 0 Å². The molecule has 0 saturated carbocycles. The van der Waals surface area contributed by atoms with E-state index < -0.39 is 11.6 Å². The van der Waals surface area contributed by atoms with Crippen molar-refractivity contribution in [3.8, 4) is 11.3 Å². The summed E-state index contributed by atoms with van der Waals surface area (Å²) in [6.45, 7) is 3.75. The molecule has 0 amide bonds. The second-order valence-electron chi connectivity index (χ2n) is 7.59. The van der Waals surface area contributed by atoms with Crippen LogP contribution in [0.25, 0.3) is 33.1 Å². The molecule has 0 spiro atoms. The van der Waals surface area contributed by atoms with E-state index in [9.17, 15) is 13.6 Å². The molecule has 5 rings (SSSR count). The van der Waals surface area contributed by atoms with Crippen LogP contribution in [0.4, 0.5) is 14.5 Å². The lowest BCUT2D eigenvalue weighted by atomic mass is 10.0. The lowest BCUT2D eigenvalue weighted by molar-refractivity contribution is 0.0989. The molecule has 0 unspecified atom stereocenters. The molecule has 1 saturated heterocycles. The maximum atomic E-state index is 14.8. The zero-order valence-electron chi connectivity index (χ0n) is 17.0. The number of H-pyrrole nitrogens is 1. The van der Waals surface area contributed by atoms with Gasteiger partial charge in [0.1, 0.15) is 5.69 Å². The van der Waals surface area contributed by atoms with Crippen LogP contribution in [0.5, 0.6) is 0 Å². The number of hydrogen-bond acceptors (Lipinski definition) is 4. The van der Waals surface area contributed by atoms with Crippen molar-refractivity contribution in [2.24, 2.45) is 0 Å². The van der Waals surface area contributed by atoms with Crippen molar-refractivity contribution in [1.82, 2.24) is 9.97 Å². The normalized spacial score (nSPS) is 14.5. The van der Waals surface area contributed by atoms with Gasteiger partial charge in [0.2, 0.25) is 0 Å². The highest BCUT2D eigenvalue weighted by Crippen LogP contribution is 2.37. The molecule has 0 aliphatic carbocycles. The minimum atomic E-state index is -0.897. The molecule has 1 aliphatic heterocycles. The second kappa shape index (κ2) is 7.74. The highest BCUT2D eigenvalue weighted by molar-refractivity contribution is 6.08. The number of nitrogens with one attached hydrogen (secondary N) is 1.